The fourth-order valence-electron chi connectivity index (χ4n) is 5.66. The zero-order chi connectivity index (χ0) is 25.3. The third-order valence-corrected chi connectivity index (χ3v) is 7.34. The first-order valence-electron chi connectivity index (χ1n) is 12.6. The van der Waals surface area contributed by atoms with Gasteiger partial charge in [-0.3, -0.25) is 19.1 Å². The van der Waals surface area contributed by atoms with Crippen LogP contribution in [0.2, 0.25) is 0 Å². The number of benzene rings is 1. The molecular formula is C27H37N3O5. The molecule has 8 nitrogen and oxygen atoms in total. The molecule has 0 spiro atoms. The van der Waals surface area contributed by atoms with Gasteiger partial charge in [0.25, 0.3) is 0 Å². The number of rotatable bonds is 4. The average molecular weight is 484 g/mol. The van der Waals surface area contributed by atoms with Gasteiger partial charge in [0.1, 0.15) is 11.6 Å². The Hall–Kier alpha value is -2.87. The fraction of sp³-hybridized carbons (Fsp3) is 0.593. The Balaban J connectivity index is 1.40. The van der Waals surface area contributed by atoms with Crippen molar-refractivity contribution >= 4 is 28.9 Å². The topological polar surface area (TPSA) is 92.1 Å². The van der Waals surface area contributed by atoms with Crippen molar-refractivity contribution in [3.05, 3.63) is 36.0 Å². The van der Waals surface area contributed by atoms with Crippen molar-refractivity contribution in [1.82, 2.24) is 14.4 Å². The Bertz CT molecular complexity index is 1090. The molecule has 0 saturated carbocycles. The maximum Gasteiger partial charge on any atom is 0.410 e. The van der Waals surface area contributed by atoms with Crippen LogP contribution in [0, 0.1) is 5.92 Å². The summed E-state index contributed by atoms with van der Waals surface area (Å²) in [6, 6.07) is 7.43. The standard InChI is InChI=1S/C27H37N3O5/c1-18(31)30-17-22(21-7-5-6-8-23(21)30)19-9-13-28(14-10-19)24(25(32)33)20-11-15-29(16-12-20)26(34)35-27(2,3)4/h5-8,17,19-20,24H,9-16H2,1-4H3,(H,32,33). The summed E-state index contributed by atoms with van der Waals surface area (Å²) in [6.45, 7) is 9.55. The van der Waals surface area contributed by atoms with E-state index in [1.54, 1.807) is 16.4 Å². The number of ether oxygens (including phenoxy) is 1. The molecule has 2 saturated heterocycles. The van der Waals surface area contributed by atoms with Crippen molar-refractivity contribution in [1.29, 1.82) is 0 Å². The summed E-state index contributed by atoms with van der Waals surface area (Å²) in [5, 5.41) is 11.2. The Morgan fingerprint density at radius 1 is 1.00 bits per heavy atom. The lowest BCUT2D eigenvalue weighted by Crippen LogP contribution is -2.52. The number of nitrogens with zero attached hydrogens (tertiary/aromatic N) is 3. The SMILES string of the molecule is CC(=O)n1cc(C2CCN(C(C(=O)O)C3CCN(C(=O)OC(C)(C)C)CC3)CC2)c2ccccc21. The second-order valence-corrected chi connectivity index (χ2v) is 10.9. The second kappa shape index (κ2) is 10.0. The molecule has 8 heteroatoms. The molecule has 35 heavy (non-hydrogen) atoms. The number of hydrogen-bond acceptors (Lipinski definition) is 5. The van der Waals surface area contributed by atoms with Gasteiger partial charge in [-0.1, -0.05) is 18.2 Å². The van der Waals surface area contributed by atoms with E-state index in [1.165, 1.54) is 5.56 Å². The first-order chi connectivity index (χ1) is 16.5. The van der Waals surface area contributed by atoms with Crippen molar-refractivity contribution in [3.8, 4) is 0 Å². The van der Waals surface area contributed by atoms with Gasteiger partial charge >= 0.3 is 12.1 Å². The average Bonchev–Trinajstić information content (AvgIpc) is 3.19. The molecule has 2 aliphatic heterocycles. The number of carboxylic acids is 1. The van der Waals surface area contributed by atoms with Crippen LogP contribution >= 0.6 is 0 Å². The highest BCUT2D eigenvalue weighted by molar-refractivity contribution is 5.94. The Labute approximate surface area is 206 Å². The maximum atomic E-state index is 12.4. The van der Waals surface area contributed by atoms with Crippen molar-refractivity contribution in [3.63, 3.8) is 0 Å². The second-order valence-electron chi connectivity index (χ2n) is 10.9. The zero-order valence-electron chi connectivity index (χ0n) is 21.2. The van der Waals surface area contributed by atoms with Crippen molar-refractivity contribution < 1.29 is 24.2 Å². The molecule has 2 fully saturated rings. The number of aliphatic carboxylic acids is 1. The van der Waals surface area contributed by atoms with Gasteiger partial charge in [0.15, 0.2) is 0 Å². The van der Waals surface area contributed by atoms with E-state index in [9.17, 15) is 19.5 Å². The van der Waals surface area contributed by atoms with Crippen molar-refractivity contribution in [2.45, 2.75) is 70.9 Å². The number of carboxylic acid groups (broad SMARTS) is 1. The molecule has 1 aromatic heterocycles. The molecule has 0 bridgehead atoms. The molecule has 3 heterocycles. The molecule has 0 radical (unpaired) electrons. The summed E-state index contributed by atoms with van der Waals surface area (Å²) >= 11 is 0. The van der Waals surface area contributed by atoms with Crippen LogP contribution in [0.15, 0.2) is 30.5 Å². The Morgan fingerprint density at radius 3 is 2.20 bits per heavy atom. The molecule has 1 aromatic carbocycles. The summed E-state index contributed by atoms with van der Waals surface area (Å²) in [5.74, 6) is -0.497. The van der Waals surface area contributed by atoms with Gasteiger partial charge in [-0.2, -0.15) is 0 Å². The van der Waals surface area contributed by atoms with E-state index in [0.29, 0.717) is 44.9 Å². The quantitative estimate of drug-likeness (QED) is 0.684. The number of carbonyl (C=O) groups is 3. The van der Waals surface area contributed by atoms with E-state index in [-0.39, 0.29) is 17.9 Å². The highest BCUT2D eigenvalue weighted by atomic mass is 16.6. The van der Waals surface area contributed by atoms with Gasteiger partial charge < -0.3 is 14.7 Å². The first-order valence-corrected chi connectivity index (χ1v) is 12.6. The van der Waals surface area contributed by atoms with Crippen molar-refractivity contribution in [2.24, 2.45) is 5.92 Å². The Kier molecular flexibility index (Phi) is 7.22. The first kappa shape index (κ1) is 25.2. The van der Waals surface area contributed by atoms with E-state index in [0.717, 1.165) is 23.7 Å². The van der Waals surface area contributed by atoms with Crippen LogP contribution in [0.4, 0.5) is 4.79 Å². The monoisotopic (exact) mass is 483 g/mol. The van der Waals surface area contributed by atoms with Crippen LogP contribution in [-0.4, -0.2) is 75.3 Å². The van der Waals surface area contributed by atoms with Crippen LogP contribution in [-0.2, 0) is 9.53 Å². The summed E-state index contributed by atoms with van der Waals surface area (Å²) < 4.78 is 7.19. The predicted molar refractivity (Wildman–Crippen MR) is 134 cm³/mol. The minimum atomic E-state index is -0.785. The number of carbonyl (C=O) groups excluding carboxylic acids is 2. The number of aromatic nitrogens is 1. The van der Waals surface area contributed by atoms with Crippen LogP contribution in [0.1, 0.15) is 69.7 Å². The lowest BCUT2D eigenvalue weighted by Gasteiger charge is -2.42. The normalized spacial score (nSPS) is 19.6. The molecule has 190 valence electrons. The number of hydrogen-bond donors (Lipinski definition) is 1. The van der Waals surface area contributed by atoms with Crippen molar-refractivity contribution in [2.75, 3.05) is 26.2 Å². The predicted octanol–water partition coefficient (Wildman–Crippen LogP) is 4.58. The lowest BCUT2D eigenvalue weighted by atomic mass is 9.84. The van der Waals surface area contributed by atoms with Gasteiger partial charge in [0.05, 0.1) is 5.52 Å². The van der Waals surface area contributed by atoms with Crippen LogP contribution in [0.3, 0.4) is 0 Å². The summed E-state index contributed by atoms with van der Waals surface area (Å²) in [7, 11) is 0. The summed E-state index contributed by atoms with van der Waals surface area (Å²) in [4.78, 5) is 40.6. The highest BCUT2D eigenvalue weighted by Gasteiger charge is 2.39. The molecular weight excluding hydrogens is 446 g/mol. The summed E-state index contributed by atoms with van der Waals surface area (Å²) in [6.07, 6.45) is 4.66. The summed E-state index contributed by atoms with van der Waals surface area (Å²) in [5.41, 5.74) is 1.56. The third kappa shape index (κ3) is 5.53. The maximum absolute atomic E-state index is 12.4. The number of amides is 1. The number of piperidine rings is 2. The highest BCUT2D eigenvalue weighted by Crippen LogP contribution is 2.36. The molecule has 4 rings (SSSR count). The van der Waals surface area contributed by atoms with Gasteiger partial charge in [-0.05, 0) is 83.0 Å². The van der Waals surface area contributed by atoms with Gasteiger partial charge in [0, 0.05) is 31.6 Å². The fourth-order valence-corrected chi connectivity index (χ4v) is 5.66. The molecule has 1 unspecified atom stereocenters. The van der Waals surface area contributed by atoms with Gasteiger partial charge in [-0.25, -0.2) is 4.79 Å². The molecule has 1 atom stereocenters. The van der Waals surface area contributed by atoms with Crippen LogP contribution in [0.5, 0.6) is 0 Å². The Morgan fingerprint density at radius 2 is 1.63 bits per heavy atom. The zero-order valence-corrected chi connectivity index (χ0v) is 21.2. The van der Waals surface area contributed by atoms with Gasteiger partial charge in [-0.15, -0.1) is 0 Å². The van der Waals surface area contributed by atoms with E-state index in [4.69, 9.17) is 4.74 Å². The molecule has 2 aromatic rings. The van der Waals surface area contributed by atoms with Crippen LogP contribution in [0.25, 0.3) is 10.9 Å². The van der Waals surface area contributed by atoms with Gasteiger partial charge in [0.2, 0.25) is 5.91 Å². The number of para-hydroxylation sites is 1. The minimum Gasteiger partial charge on any atom is -0.480 e. The lowest BCUT2D eigenvalue weighted by molar-refractivity contribution is -0.147. The van der Waals surface area contributed by atoms with Crippen LogP contribution < -0.4 is 0 Å². The van der Waals surface area contributed by atoms with E-state index >= 15 is 0 Å². The smallest absolute Gasteiger partial charge is 0.410 e. The third-order valence-electron chi connectivity index (χ3n) is 7.34. The molecule has 2 aliphatic rings. The molecule has 1 amide bonds. The van der Waals surface area contributed by atoms with E-state index in [2.05, 4.69) is 11.0 Å². The minimum absolute atomic E-state index is 0.00219. The number of likely N-dealkylation sites (tertiary alicyclic amines) is 2. The number of fused-ring (bicyclic) bond motifs is 1. The largest absolute Gasteiger partial charge is 0.480 e. The molecule has 0 aliphatic carbocycles. The van der Waals surface area contributed by atoms with E-state index < -0.39 is 17.6 Å². The molecule has 1 N–H and O–H groups in total. The van der Waals surface area contributed by atoms with E-state index in [1.807, 2.05) is 45.2 Å².